The third-order valence-electron chi connectivity index (χ3n) is 3.68. The van der Waals surface area contributed by atoms with E-state index in [0.717, 1.165) is 5.75 Å². The number of anilines is 1. The minimum Gasteiger partial charge on any atom is -0.494 e. The van der Waals surface area contributed by atoms with Gasteiger partial charge in [0.25, 0.3) is 5.91 Å². The Morgan fingerprint density at radius 3 is 2.63 bits per heavy atom. The van der Waals surface area contributed by atoms with Crippen molar-refractivity contribution in [1.29, 1.82) is 0 Å². The van der Waals surface area contributed by atoms with Crippen LogP contribution in [0.2, 0.25) is 0 Å². The molecule has 0 unspecified atom stereocenters. The number of rotatable bonds is 7. The number of carbonyl (C=O) groups is 1. The molecule has 0 saturated heterocycles. The third kappa shape index (κ3) is 4.41. The molecular formula is C19H18FN3O4. The SMILES string of the molecule is CCOc1ccc(-c2nonc2NC(=O)[C@@H](C)Oc2ccccc2F)cc1. The Bertz CT molecular complexity index is 911. The van der Waals surface area contributed by atoms with Crippen LogP contribution in [0.3, 0.4) is 0 Å². The molecule has 3 rings (SSSR count). The third-order valence-corrected chi connectivity index (χ3v) is 3.68. The number of hydrogen-bond acceptors (Lipinski definition) is 6. The molecule has 1 N–H and O–H groups in total. The highest BCUT2D eigenvalue weighted by Crippen LogP contribution is 2.26. The van der Waals surface area contributed by atoms with Crippen molar-refractivity contribution in [2.45, 2.75) is 20.0 Å². The van der Waals surface area contributed by atoms with Gasteiger partial charge in [0.1, 0.15) is 5.75 Å². The van der Waals surface area contributed by atoms with E-state index in [-0.39, 0.29) is 11.6 Å². The highest BCUT2D eigenvalue weighted by molar-refractivity contribution is 5.95. The summed E-state index contributed by atoms with van der Waals surface area (Å²) < 4.78 is 29.2. The maximum Gasteiger partial charge on any atom is 0.266 e. The molecule has 0 aliphatic rings. The van der Waals surface area contributed by atoms with E-state index < -0.39 is 17.8 Å². The summed E-state index contributed by atoms with van der Waals surface area (Å²) in [5, 5.41) is 10.1. The first-order chi connectivity index (χ1) is 13.1. The van der Waals surface area contributed by atoms with E-state index in [2.05, 4.69) is 15.6 Å². The first-order valence-corrected chi connectivity index (χ1v) is 8.36. The summed E-state index contributed by atoms with van der Waals surface area (Å²) in [5.41, 5.74) is 1.06. The summed E-state index contributed by atoms with van der Waals surface area (Å²) in [6.45, 7) is 3.96. The molecule has 0 bridgehead atoms. The predicted molar refractivity (Wildman–Crippen MR) is 96.0 cm³/mol. The van der Waals surface area contributed by atoms with Crippen molar-refractivity contribution >= 4 is 11.7 Å². The minimum atomic E-state index is -0.952. The molecule has 0 aliphatic heterocycles. The molecule has 140 valence electrons. The molecule has 2 aromatic carbocycles. The molecule has 3 aromatic rings. The average molecular weight is 371 g/mol. The molecule has 0 aliphatic carbocycles. The van der Waals surface area contributed by atoms with Crippen LogP contribution in [0.15, 0.2) is 53.2 Å². The highest BCUT2D eigenvalue weighted by Gasteiger charge is 2.21. The van der Waals surface area contributed by atoms with Crippen molar-refractivity contribution in [2.75, 3.05) is 11.9 Å². The summed E-state index contributed by atoms with van der Waals surface area (Å²) in [4.78, 5) is 12.4. The summed E-state index contributed by atoms with van der Waals surface area (Å²) in [5.74, 6) is -0.204. The Morgan fingerprint density at radius 1 is 1.19 bits per heavy atom. The van der Waals surface area contributed by atoms with Crippen molar-refractivity contribution < 1.29 is 23.3 Å². The van der Waals surface area contributed by atoms with Crippen molar-refractivity contribution in [3.63, 3.8) is 0 Å². The lowest BCUT2D eigenvalue weighted by Gasteiger charge is -2.14. The second-order valence-electron chi connectivity index (χ2n) is 5.60. The average Bonchev–Trinajstić information content (AvgIpc) is 3.12. The van der Waals surface area contributed by atoms with Crippen LogP contribution in [0.1, 0.15) is 13.8 Å². The topological polar surface area (TPSA) is 86.5 Å². The van der Waals surface area contributed by atoms with Gasteiger partial charge in [0, 0.05) is 5.56 Å². The Morgan fingerprint density at radius 2 is 1.93 bits per heavy atom. The number of nitrogens with zero attached hydrogens (tertiary/aromatic N) is 2. The van der Waals surface area contributed by atoms with Gasteiger partial charge >= 0.3 is 0 Å². The van der Waals surface area contributed by atoms with E-state index in [1.165, 1.54) is 25.1 Å². The summed E-state index contributed by atoms with van der Waals surface area (Å²) in [7, 11) is 0. The zero-order chi connectivity index (χ0) is 19.2. The fraction of sp³-hybridized carbons (Fsp3) is 0.211. The number of ether oxygens (including phenoxy) is 2. The van der Waals surface area contributed by atoms with E-state index in [0.29, 0.717) is 17.9 Å². The molecule has 0 spiro atoms. The quantitative estimate of drug-likeness (QED) is 0.682. The van der Waals surface area contributed by atoms with Crippen LogP contribution in [-0.2, 0) is 4.79 Å². The lowest BCUT2D eigenvalue weighted by atomic mass is 10.1. The smallest absolute Gasteiger partial charge is 0.266 e. The normalized spacial score (nSPS) is 11.7. The molecule has 1 amide bonds. The van der Waals surface area contributed by atoms with Crippen LogP contribution >= 0.6 is 0 Å². The van der Waals surface area contributed by atoms with Crippen LogP contribution < -0.4 is 14.8 Å². The first kappa shape index (κ1) is 18.4. The minimum absolute atomic E-state index is 0.00911. The number of para-hydroxylation sites is 1. The maximum atomic E-state index is 13.7. The largest absolute Gasteiger partial charge is 0.494 e. The van der Waals surface area contributed by atoms with Gasteiger partial charge in [0.05, 0.1) is 6.61 Å². The number of nitrogens with one attached hydrogen (secondary N) is 1. The molecule has 0 fully saturated rings. The number of carbonyl (C=O) groups excluding carboxylic acids is 1. The monoisotopic (exact) mass is 371 g/mol. The highest BCUT2D eigenvalue weighted by atomic mass is 19.1. The number of hydrogen-bond donors (Lipinski definition) is 1. The Hall–Kier alpha value is -3.42. The molecule has 27 heavy (non-hydrogen) atoms. The van der Waals surface area contributed by atoms with Crippen LogP contribution in [0, 0.1) is 5.82 Å². The first-order valence-electron chi connectivity index (χ1n) is 8.36. The number of benzene rings is 2. The number of aromatic nitrogens is 2. The van der Waals surface area contributed by atoms with Crippen LogP contribution in [0.4, 0.5) is 10.2 Å². The number of halogens is 1. The van der Waals surface area contributed by atoms with Crippen LogP contribution in [-0.4, -0.2) is 28.9 Å². The molecular weight excluding hydrogens is 353 g/mol. The van der Waals surface area contributed by atoms with Crippen molar-refractivity contribution in [3.8, 4) is 22.8 Å². The molecule has 8 heteroatoms. The van der Waals surface area contributed by atoms with Gasteiger partial charge in [-0.15, -0.1) is 0 Å². The Labute approximate surface area is 155 Å². The van der Waals surface area contributed by atoms with E-state index >= 15 is 0 Å². The van der Waals surface area contributed by atoms with Gasteiger partial charge in [0.2, 0.25) is 5.82 Å². The molecule has 0 saturated carbocycles. The van der Waals surface area contributed by atoms with Gasteiger partial charge in [-0.1, -0.05) is 12.1 Å². The van der Waals surface area contributed by atoms with E-state index in [1.807, 2.05) is 6.92 Å². The molecule has 1 aromatic heterocycles. The lowest BCUT2D eigenvalue weighted by molar-refractivity contribution is -0.122. The Balaban J connectivity index is 1.70. The zero-order valence-corrected chi connectivity index (χ0v) is 14.8. The summed E-state index contributed by atoms with van der Waals surface area (Å²) >= 11 is 0. The van der Waals surface area contributed by atoms with Crippen molar-refractivity contribution in [1.82, 2.24) is 10.3 Å². The van der Waals surface area contributed by atoms with Gasteiger partial charge in [-0.05, 0) is 60.6 Å². The molecule has 1 atom stereocenters. The van der Waals surface area contributed by atoms with Gasteiger partial charge in [-0.3, -0.25) is 4.79 Å². The summed E-state index contributed by atoms with van der Waals surface area (Å²) in [6, 6.07) is 13.0. The second kappa shape index (κ2) is 8.31. The maximum absolute atomic E-state index is 13.7. The number of amides is 1. The van der Waals surface area contributed by atoms with E-state index in [9.17, 15) is 9.18 Å². The molecule has 1 heterocycles. The van der Waals surface area contributed by atoms with E-state index in [4.69, 9.17) is 14.1 Å². The fourth-order valence-electron chi connectivity index (χ4n) is 2.34. The van der Waals surface area contributed by atoms with E-state index in [1.54, 1.807) is 30.3 Å². The van der Waals surface area contributed by atoms with Gasteiger partial charge in [-0.2, -0.15) is 0 Å². The predicted octanol–water partition coefficient (Wildman–Crippen LogP) is 3.68. The summed E-state index contributed by atoms with van der Waals surface area (Å²) in [6.07, 6.45) is -0.952. The standard InChI is InChI=1S/C19H18FN3O4/c1-3-25-14-10-8-13(9-11-14)17-18(23-27-22-17)21-19(24)12(2)26-16-7-5-4-6-15(16)20/h4-12H,3H2,1-2H3,(H,21,23,24)/t12-/m1/s1. The molecule has 7 nitrogen and oxygen atoms in total. The Kier molecular flexibility index (Phi) is 5.65. The van der Waals surface area contributed by atoms with Gasteiger partial charge < -0.3 is 14.8 Å². The van der Waals surface area contributed by atoms with Crippen LogP contribution in [0.5, 0.6) is 11.5 Å². The van der Waals surface area contributed by atoms with Crippen molar-refractivity contribution in [2.24, 2.45) is 0 Å². The fourth-order valence-corrected chi connectivity index (χ4v) is 2.34. The van der Waals surface area contributed by atoms with Gasteiger partial charge in [0.15, 0.2) is 23.4 Å². The zero-order valence-electron chi connectivity index (χ0n) is 14.8. The lowest BCUT2D eigenvalue weighted by Crippen LogP contribution is -2.30. The van der Waals surface area contributed by atoms with Crippen molar-refractivity contribution in [3.05, 3.63) is 54.3 Å². The van der Waals surface area contributed by atoms with Crippen LogP contribution in [0.25, 0.3) is 11.3 Å². The second-order valence-corrected chi connectivity index (χ2v) is 5.60. The van der Waals surface area contributed by atoms with Gasteiger partial charge in [-0.25, -0.2) is 9.02 Å². The molecule has 0 radical (unpaired) electrons.